The summed E-state index contributed by atoms with van der Waals surface area (Å²) in [5.41, 5.74) is 1.15. The van der Waals surface area contributed by atoms with Crippen LogP contribution in [0.5, 0.6) is 0 Å². The summed E-state index contributed by atoms with van der Waals surface area (Å²) in [7, 11) is -1.27. The van der Waals surface area contributed by atoms with Gasteiger partial charge in [0, 0.05) is 30.8 Å². The van der Waals surface area contributed by atoms with E-state index in [1.807, 2.05) is 0 Å². The minimum Gasteiger partial charge on any atom is -0.387 e. The molecule has 1 aliphatic rings. The summed E-state index contributed by atoms with van der Waals surface area (Å²) in [6, 6.07) is 5.03. The Morgan fingerprint density at radius 2 is 1.95 bits per heavy atom. The Kier molecular flexibility index (Phi) is 4.01. The first-order chi connectivity index (χ1) is 8.93. The molecule has 0 saturated carbocycles. The Morgan fingerprint density at radius 1 is 1.32 bits per heavy atom. The minimum absolute atomic E-state index is 0.0220. The molecule has 0 spiro atoms. The summed E-state index contributed by atoms with van der Waals surface area (Å²) >= 11 is 5.91. The van der Waals surface area contributed by atoms with Gasteiger partial charge in [0.1, 0.15) is 0 Å². The molecule has 5 nitrogen and oxygen atoms in total. The van der Waals surface area contributed by atoms with Crippen molar-refractivity contribution in [3.63, 3.8) is 0 Å². The molecule has 0 radical (unpaired) electrons. The molecule has 7 heteroatoms. The van der Waals surface area contributed by atoms with Gasteiger partial charge in [0.25, 0.3) is 5.91 Å². The average Bonchev–Trinajstić information content (AvgIpc) is 2.38. The van der Waals surface area contributed by atoms with Crippen LogP contribution in [0.1, 0.15) is 10.4 Å². The number of nitrogens with one attached hydrogen (secondary N) is 1. The van der Waals surface area contributed by atoms with E-state index < -0.39 is 9.84 Å². The van der Waals surface area contributed by atoms with Crippen molar-refractivity contribution in [1.29, 1.82) is 0 Å². The lowest BCUT2D eigenvalue weighted by molar-refractivity contribution is 0.0771. The molecule has 0 aromatic heterocycles. The van der Waals surface area contributed by atoms with E-state index in [-0.39, 0.29) is 30.5 Å². The van der Waals surface area contributed by atoms with Gasteiger partial charge in [-0.25, -0.2) is 8.42 Å². The summed E-state index contributed by atoms with van der Waals surface area (Å²) in [6.07, 6.45) is 0. The monoisotopic (exact) mass is 302 g/mol. The van der Waals surface area contributed by atoms with Gasteiger partial charge >= 0.3 is 0 Å². The minimum atomic E-state index is -2.99. The van der Waals surface area contributed by atoms with E-state index >= 15 is 0 Å². The molecule has 1 aromatic carbocycles. The lowest BCUT2D eigenvalue weighted by Crippen LogP contribution is -2.43. The molecule has 1 amide bonds. The summed E-state index contributed by atoms with van der Waals surface area (Å²) in [5.74, 6) is -0.149. The van der Waals surface area contributed by atoms with Crippen molar-refractivity contribution in [2.24, 2.45) is 0 Å². The topological polar surface area (TPSA) is 66.5 Å². The maximum absolute atomic E-state index is 12.4. The van der Waals surface area contributed by atoms with Crippen LogP contribution in [0.15, 0.2) is 18.2 Å². The number of anilines is 1. The van der Waals surface area contributed by atoms with Crippen molar-refractivity contribution in [3.05, 3.63) is 28.8 Å². The molecule has 1 saturated heterocycles. The molecular formula is C12H15ClN2O3S. The zero-order valence-electron chi connectivity index (χ0n) is 10.5. The van der Waals surface area contributed by atoms with Gasteiger partial charge in [0.05, 0.1) is 17.1 Å². The predicted octanol–water partition coefficient (Wildman–Crippen LogP) is 1.25. The van der Waals surface area contributed by atoms with Gasteiger partial charge in [-0.05, 0) is 18.2 Å². The van der Waals surface area contributed by atoms with E-state index in [2.05, 4.69) is 5.32 Å². The van der Waals surface area contributed by atoms with Crippen molar-refractivity contribution in [3.8, 4) is 0 Å². The molecule has 1 aliphatic heterocycles. The zero-order valence-corrected chi connectivity index (χ0v) is 12.1. The van der Waals surface area contributed by atoms with E-state index in [0.717, 1.165) is 0 Å². The van der Waals surface area contributed by atoms with Gasteiger partial charge < -0.3 is 10.2 Å². The second kappa shape index (κ2) is 5.38. The van der Waals surface area contributed by atoms with Gasteiger partial charge in [-0.2, -0.15) is 0 Å². The van der Waals surface area contributed by atoms with Crippen molar-refractivity contribution in [1.82, 2.24) is 4.90 Å². The third-order valence-electron chi connectivity index (χ3n) is 3.11. The van der Waals surface area contributed by atoms with Gasteiger partial charge in [0.15, 0.2) is 9.84 Å². The number of nitrogens with zero attached hydrogens (tertiary/aromatic N) is 1. The van der Waals surface area contributed by atoms with Crippen LogP contribution in [-0.2, 0) is 9.84 Å². The maximum Gasteiger partial charge on any atom is 0.256 e. The van der Waals surface area contributed by atoms with Crippen LogP contribution in [0, 0.1) is 0 Å². The fourth-order valence-electron chi connectivity index (χ4n) is 2.00. The number of hydrogen-bond acceptors (Lipinski definition) is 4. The van der Waals surface area contributed by atoms with Gasteiger partial charge in [-0.15, -0.1) is 0 Å². The first-order valence-electron chi connectivity index (χ1n) is 5.90. The Hall–Kier alpha value is -1.27. The van der Waals surface area contributed by atoms with Crippen molar-refractivity contribution in [2.75, 3.05) is 37.0 Å². The fourth-order valence-corrected chi connectivity index (χ4v) is 3.37. The van der Waals surface area contributed by atoms with E-state index in [1.165, 1.54) is 0 Å². The molecular weight excluding hydrogens is 288 g/mol. The third kappa shape index (κ3) is 3.19. The fraction of sp³-hybridized carbons (Fsp3) is 0.417. The van der Waals surface area contributed by atoms with Crippen molar-refractivity contribution < 1.29 is 13.2 Å². The van der Waals surface area contributed by atoms with Crippen LogP contribution in [0.4, 0.5) is 5.69 Å². The van der Waals surface area contributed by atoms with Crippen LogP contribution in [-0.4, -0.2) is 50.9 Å². The van der Waals surface area contributed by atoms with E-state index in [4.69, 9.17) is 11.6 Å². The Balaban J connectivity index is 2.23. The SMILES string of the molecule is CNc1ccc(Cl)cc1C(=O)N1CCS(=O)(=O)CC1. The molecule has 1 N–H and O–H groups in total. The Labute approximate surface area is 117 Å². The second-order valence-corrected chi connectivity index (χ2v) is 7.12. The normalized spacial score (nSPS) is 18.1. The summed E-state index contributed by atoms with van der Waals surface area (Å²) in [5, 5.41) is 3.41. The maximum atomic E-state index is 12.4. The summed E-state index contributed by atoms with van der Waals surface area (Å²) in [4.78, 5) is 13.9. The van der Waals surface area contributed by atoms with Crippen molar-refractivity contribution in [2.45, 2.75) is 0 Å². The predicted molar refractivity (Wildman–Crippen MR) is 75.6 cm³/mol. The molecule has 104 valence electrons. The molecule has 0 aliphatic carbocycles. The summed E-state index contributed by atoms with van der Waals surface area (Å²) < 4.78 is 22.7. The number of amides is 1. The number of benzene rings is 1. The number of hydrogen-bond donors (Lipinski definition) is 1. The van der Waals surface area contributed by atoms with Gasteiger partial charge in [-0.3, -0.25) is 4.79 Å². The molecule has 2 rings (SSSR count). The molecule has 1 aromatic rings. The van der Waals surface area contributed by atoms with Crippen LogP contribution in [0.2, 0.25) is 5.02 Å². The van der Waals surface area contributed by atoms with Gasteiger partial charge in [-0.1, -0.05) is 11.6 Å². The number of rotatable bonds is 2. The lowest BCUT2D eigenvalue weighted by atomic mass is 10.1. The Morgan fingerprint density at radius 3 is 2.53 bits per heavy atom. The average molecular weight is 303 g/mol. The highest BCUT2D eigenvalue weighted by Crippen LogP contribution is 2.22. The molecule has 0 bridgehead atoms. The van der Waals surface area contributed by atoms with Gasteiger partial charge in [0.2, 0.25) is 0 Å². The summed E-state index contributed by atoms with van der Waals surface area (Å²) in [6.45, 7) is 0.466. The number of sulfone groups is 1. The number of carbonyl (C=O) groups excluding carboxylic acids is 1. The molecule has 1 fully saturated rings. The first kappa shape index (κ1) is 14.1. The van der Waals surface area contributed by atoms with E-state index in [9.17, 15) is 13.2 Å². The molecule has 0 atom stereocenters. The number of halogens is 1. The van der Waals surface area contributed by atoms with Crippen LogP contribution in [0.3, 0.4) is 0 Å². The van der Waals surface area contributed by atoms with Crippen LogP contribution in [0.25, 0.3) is 0 Å². The number of carbonyl (C=O) groups is 1. The zero-order chi connectivity index (χ0) is 14.0. The van der Waals surface area contributed by atoms with E-state index in [1.54, 1.807) is 30.1 Å². The smallest absolute Gasteiger partial charge is 0.256 e. The lowest BCUT2D eigenvalue weighted by Gasteiger charge is -2.27. The quantitative estimate of drug-likeness (QED) is 0.893. The third-order valence-corrected chi connectivity index (χ3v) is 4.96. The highest BCUT2D eigenvalue weighted by Gasteiger charge is 2.26. The highest BCUT2D eigenvalue weighted by molar-refractivity contribution is 7.91. The molecule has 0 unspecified atom stereocenters. The van der Waals surface area contributed by atoms with E-state index in [0.29, 0.717) is 16.3 Å². The molecule has 19 heavy (non-hydrogen) atoms. The highest BCUT2D eigenvalue weighted by atomic mass is 35.5. The second-order valence-electron chi connectivity index (χ2n) is 4.38. The van der Waals surface area contributed by atoms with Crippen LogP contribution >= 0.6 is 11.6 Å². The standard InChI is InChI=1S/C12H15ClN2O3S/c1-14-11-3-2-9(13)8-10(11)12(16)15-4-6-19(17,18)7-5-15/h2-3,8,14H,4-7H2,1H3. The van der Waals surface area contributed by atoms with Crippen LogP contribution < -0.4 is 5.32 Å². The molecule has 1 heterocycles. The largest absolute Gasteiger partial charge is 0.387 e. The van der Waals surface area contributed by atoms with Crippen molar-refractivity contribution >= 4 is 33.0 Å². The first-order valence-corrected chi connectivity index (χ1v) is 8.10. The Bertz CT molecular complexity index is 587.